The van der Waals surface area contributed by atoms with E-state index in [2.05, 4.69) is 5.32 Å². The number of nitrogens with two attached hydrogens (primary N) is 1. The second-order valence-corrected chi connectivity index (χ2v) is 5.24. The maximum atomic E-state index is 12.4. The maximum Gasteiger partial charge on any atom is 0.416 e. The highest BCUT2D eigenvalue weighted by molar-refractivity contribution is 7.80. The number of hydrogen-bond acceptors (Lipinski definition) is 2. The minimum atomic E-state index is -4.37. The fourth-order valence-corrected chi connectivity index (χ4v) is 2.02. The van der Waals surface area contributed by atoms with Crippen molar-refractivity contribution in [2.45, 2.75) is 38.4 Å². The monoisotopic (exact) mass is 318 g/mol. The second kappa shape index (κ2) is 7.40. The van der Waals surface area contributed by atoms with Gasteiger partial charge in [0.1, 0.15) is 0 Å². The van der Waals surface area contributed by atoms with E-state index in [0.717, 1.165) is 12.1 Å². The number of rotatable bonds is 6. The van der Waals surface area contributed by atoms with Gasteiger partial charge in [-0.15, -0.1) is 0 Å². The van der Waals surface area contributed by atoms with Gasteiger partial charge in [-0.1, -0.05) is 31.3 Å². The summed E-state index contributed by atoms with van der Waals surface area (Å²) in [7, 11) is 0. The number of halogens is 3. The minimum absolute atomic E-state index is 0.0198. The standard InChI is InChI=1S/C14H17F3N2OS/c1-2-11(8-12(18)21)19-13(20)7-9-3-5-10(6-4-9)14(15,16)17/h3-6,11H,2,7-8H2,1H3,(H2,18,21)(H,19,20). The van der Waals surface area contributed by atoms with Crippen molar-refractivity contribution >= 4 is 23.1 Å². The molecule has 1 rings (SSSR count). The van der Waals surface area contributed by atoms with Gasteiger partial charge >= 0.3 is 6.18 Å². The maximum absolute atomic E-state index is 12.4. The van der Waals surface area contributed by atoms with Gasteiger partial charge in [-0.05, 0) is 24.1 Å². The lowest BCUT2D eigenvalue weighted by Crippen LogP contribution is -2.37. The molecule has 0 heterocycles. The molecule has 0 aliphatic rings. The molecule has 7 heteroatoms. The van der Waals surface area contributed by atoms with E-state index in [1.54, 1.807) is 0 Å². The third-order valence-electron chi connectivity index (χ3n) is 2.95. The van der Waals surface area contributed by atoms with Crippen molar-refractivity contribution in [2.24, 2.45) is 5.73 Å². The highest BCUT2D eigenvalue weighted by Gasteiger charge is 2.29. The Hall–Kier alpha value is -1.63. The molecule has 0 radical (unpaired) electrons. The Morgan fingerprint density at radius 3 is 2.33 bits per heavy atom. The number of benzene rings is 1. The van der Waals surface area contributed by atoms with Crippen LogP contribution in [0.2, 0.25) is 0 Å². The molecule has 1 aromatic rings. The van der Waals surface area contributed by atoms with Crippen LogP contribution in [0.3, 0.4) is 0 Å². The molecule has 1 atom stereocenters. The van der Waals surface area contributed by atoms with Crippen molar-refractivity contribution in [3.63, 3.8) is 0 Å². The van der Waals surface area contributed by atoms with Gasteiger partial charge in [0, 0.05) is 12.5 Å². The fraction of sp³-hybridized carbons (Fsp3) is 0.429. The Morgan fingerprint density at radius 2 is 1.90 bits per heavy atom. The molecule has 0 spiro atoms. The molecule has 1 aromatic carbocycles. The first kappa shape index (κ1) is 17.4. The minimum Gasteiger partial charge on any atom is -0.393 e. The number of hydrogen-bond donors (Lipinski definition) is 2. The largest absolute Gasteiger partial charge is 0.416 e. The molecule has 0 saturated carbocycles. The molecular formula is C14H17F3N2OS. The van der Waals surface area contributed by atoms with Crippen molar-refractivity contribution in [1.29, 1.82) is 0 Å². The van der Waals surface area contributed by atoms with Crippen LogP contribution in [0.5, 0.6) is 0 Å². The number of thiocarbonyl (C=S) groups is 1. The van der Waals surface area contributed by atoms with E-state index >= 15 is 0 Å². The average Bonchev–Trinajstić information content (AvgIpc) is 2.36. The van der Waals surface area contributed by atoms with Gasteiger partial charge in [-0.25, -0.2) is 0 Å². The Morgan fingerprint density at radius 1 is 1.33 bits per heavy atom. The molecule has 0 fully saturated rings. The van der Waals surface area contributed by atoms with Crippen LogP contribution in [-0.2, 0) is 17.4 Å². The van der Waals surface area contributed by atoms with Gasteiger partial charge in [-0.3, -0.25) is 4.79 Å². The number of alkyl halides is 3. The van der Waals surface area contributed by atoms with Crippen LogP contribution >= 0.6 is 12.2 Å². The Balaban J connectivity index is 2.60. The summed E-state index contributed by atoms with van der Waals surface area (Å²) >= 11 is 4.79. The van der Waals surface area contributed by atoms with Crippen molar-refractivity contribution < 1.29 is 18.0 Å². The smallest absolute Gasteiger partial charge is 0.393 e. The van der Waals surface area contributed by atoms with Crippen molar-refractivity contribution in [3.05, 3.63) is 35.4 Å². The Kier molecular flexibility index (Phi) is 6.14. The first-order valence-corrected chi connectivity index (χ1v) is 6.87. The van der Waals surface area contributed by atoms with E-state index in [-0.39, 0.29) is 18.4 Å². The van der Waals surface area contributed by atoms with Crippen LogP contribution in [0.4, 0.5) is 13.2 Å². The number of carbonyl (C=O) groups is 1. The summed E-state index contributed by atoms with van der Waals surface area (Å²) in [5.41, 5.74) is 5.22. The predicted octanol–water partition coefficient (Wildman–Crippen LogP) is 2.82. The van der Waals surface area contributed by atoms with Gasteiger partial charge in [0.25, 0.3) is 0 Å². The van der Waals surface area contributed by atoms with E-state index in [1.807, 2.05) is 6.92 Å². The van der Waals surface area contributed by atoms with Crippen LogP contribution in [0.25, 0.3) is 0 Å². The quantitative estimate of drug-likeness (QED) is 0.793. The van der Waals surface area contributed by atoms with Gasteiger partial charge in [0.2, 0.25) is 5.91 Å². The topological polar surface area (TPSA) is 55.1 Å². The zero-order valence-corrected chi connectivity index (χ0v) is 12.4. The number of nitrogens with one attached hydrogen (secondary N) is 1. The second-order valence-electron chi connectivity index (χ2n) is 4.71. The molecule has 0 aliphatic heterocycles. The predicted molar refractivity (Wildman–Crippen MR) is 78.8 cm³/mol. The highest BCUT2D eigenvalue weighted by atomic mass is 32.1. The van der Waals surface area contributed by atoms with Crippen LogP contribution in [0, 0.1) is 0 Å². The van der Waals surface area contributed by atoms with Crippen LogP contribution in [-0.4, -0.2) is 16.9 Å². The lowest BCUT2D eigenvalue weighted by molar-refractivity contribution is -0.137. The summed E-state index contributed by atoms with van der Waals surface area (Å²) in [6.45, 7) is 1.89. The number of amides is 1. The van der Waals surface area contributed by atoms with E-state index in [0.29, 0.717) is 23.4 Å². The molecule has 3 nitrogen and oxygen atoms in total. The summed E-state index contributed by atoms with van der Waals surface area (Å²) in [6, 6.07) is 4.39. The zero-order chi connectivity index (χ0) is 16.0. The molecule has 21 heavy (non-hydrogen) atoms. The van der Waals surface area contributed by atoms with E-state index in [1.165, 1.54) is 12.1 Å². The number of carbonyl (C=O) groups excluding carboxylic acids is 1. The van der Waals surface area contributed by atoms with E-state index in [4.69, 9.17) is 18.0 Å². The molecule has 116 valence electrons. The lowest BCUT2D eigenvalue weighted by atomic mass is 10.1. The third kappa shape index (κ3) is 6.12. The zero-order valence-electron chi connectivity index (χ0n) is 11.5. The highest BCUT2D eigenvalue weighted by Crippen LogP contribution is 2.29. The fourth-order valence-electron chi connectivity index (χ4n) is 1.82. The Labute approximate surface area is 126 Å². The Bertz CT molecular complexity index is 500. The average molecular weight is 318 g/mol. The van der Waals surface area contributed by atoms with Gasteiger partial charge in [0.15, 0.2) is 0 Å². The molecule has 1 amide bonds. The van der Waals surface area contributed by atoms with E-state index in [9.17, 15) is 18.0 Å². The SMILES string of the molecule is CCC(CC(N)=S)NC(=O)Cc1ccc(C(F)(F)F)cc1. The van der Waals surface area contributed by atoms with Crippen molar-refractivity contribution in [1.82, 2.24) is 5.32 Å². The van der Waals surface area contributed by atoms with Crippen LogP contribution in [0.15, 0.2) is 24.3 Å². The molecule has 3 N–H and O–H groups in total. The third-order valence-corrected chi connectivity index (χ3v) is 3.12. The van der Waals surface area contributed by atoms with Crippen LogP contribution < -0.4 is 11.1 Å². The van der Waals surface area contributed by atoms with Crippen LogP contribution in [0.1, 0.15) is 30.9 Å². The van der Waals surface area contributed by atoms with E-state index < -0.39 is 11.7 Å². The summed E-state index contributed by atoms with van der Waals surface area (Å²) in [5.74, 6) is -0.266. The van der Waals surface area contributed by atoms with Gasteiger partial charge in [0.05, 0.1) is 17.0 Å². The van der Waals surface area contributed by atoms with Gasteiger partial charge < -0.3 is 11.1 Å². The molecule has 0 aliphatic carbocycles. The molecule has 0 saturated heterocycles. The molecule has 0 bridgehead atoms. The molecule has 1 unspecified atom stereocenters. The van der Waals surface area contributed by atoms with Crippen molar-refractivity contribution in [2.75, 3.05) is 0 Å². The summed E-state index contributed by atoms with van der Waals surface area (Å²) in [4.78, 5) is 12.1. The summed E-state index contributed by atoms with van der Waals surface area (Å²) in [6.07, 6.45) is -3.27. The summed E-state index contributed by atoms with van der Waals surface area (Å²) < 4.78 is 37.3. The van der Waals surface area contributed by atoms with Gasteiger partial charge in [-0.2, -0.15) is 13.2 Å². The summed E-state index contributed by atoms with van der Waals surface area (Å²) in [5, 5.41) is 2.76. The lowest BCUT2D eigenvalue weighted by Gasteiger charge is -2.16. The molecular weight excluding hydrogens is 301 g/mol. The van der Waals surface area contributed by atoms with Crippen molar-refractivity contribution in [3.8, 4) is 0 Å². The first-order chi connectivity index (χ1) is 9.72. The first-order valence-electron chi connectivity index (χ1n) is 6.46. The molecule has 0 aromatic heterocycles. The normalized spacial score (nSPS) is 12.8.